The molecule has 0 atom stereocenters. The van der Waals surface area contributed by atoms with Gasteiger partial charge in [0.05, 0.1) is 4.90 Å². The summed E-state index contributed by atoms with van der Waals surface area (Å²) in [6.07, 6.45) is 0.827. The molecule has 1 fully saturated rings. The van der Waals surface area contributed by atoms with Gasteiger partial charge in [0.25, 0.3) is 0 Å². The number of rotatable bonds is 3. The molecule has 0 saturated carbocycles. The van der Waals surface area contributed by atoms with Gasteiger partial charge in [-0.05, 0) is 58.2 Å². The molecular weight excluding hydrogens is 420 g/mol. The van der Waals surface area contributed by atoms with E-state index in [9.17, 15) is 13.2 Å². The summed E-state index contributed by atoms with van der Waals surface area (Å²) >= 11 is 3.34. The van der Waals surface area contributed by atoms with E-state index in [2.05, 4.69) is 15.9 Å². The van der Waals surface area contributed by atoms with Crippen LogP contribution in [0.5, 0.6) is 0 Å². The summed E-state index contributed by atoms with van der Waals surface area (Å²) in [5, 5.41) is 0. The monoisotopic (exact) mass is 446 g/mol. The van der Waals surface area contributed by atoms with Gasteiger partial charge in [-0.3, -0.25) is 0 Å². The Labute approximate surface area is 164 Å². The van der Waals surface area contributed by atoms with Gasteiger partial charge >= 0.3 is 6.09 Å². The predicted molar refractivity (Wildman–Crippen MR) is 105 cm³/mol. The zero-order valence-corrected chi connectivity index (χ0v) is 18.4. The van der Waals surface area contributed by atoms with Gasteiger partial charge in [-0.1, -0.05) is 22.0 Å². The molecule has 1 aliphatic heterocycles. The van der Waals surface area contributed by atoms with E-state index in [0.717, 1.165) is 4.47 Å². The standard InChI is InChI=1S/C18H27BrN2O4S/c1-13-6-7-14(19)12-16(13)26(23,24)20(5)15-8-10-21(11-9-15)17(22)25-18(2,3)4/h6-7,12,15H,8-11H2,1-5H3. The van der Waals surface area contributed by atoms with Gasteiger partial charge in [0, 0.05) is 30.7 Å². The van der Waals surface area contributed by atoms with Crippen LogP contribution < -0.4 is 0 Å². The molecular formula is C18H27BrN2O4S. The molecule has 6 nitrogen and oxygen atoms in total. The van der Waals surface area contributed by atoms with E-state index in [4.69, 9.17) is 4.74 Å². The van der Waals surface area contributed by atoms with Crippen LogP contribution in [-0.2, 0) is 14.8 Å². The molecule has 1 aliphatic rings. The lowest BCUT2D eigenvalue weighted by Gasteiger charge is -2.36. The molecule has 0 radical (unpaired) electrons. The van der Waals surface area contributed by atoms with Crippen molar-refractivity contribution in [1.82, 2.24) is 9.21 Å². The van der Waals surface area contributed by atoms with Crippen molar-refractivity contribution in [3.05, 3.63) is 28.2 Å². The number of halogens is 1. The highest BCUT2D eigenvalue weighted by molar-refractivity contribution is 9.10. The molecule has 1 saturated heterocycles. The van der Waals surface area contributed by atoms with Crippen LogP contribution in [0.1, 0.15) is 39.2 Å². The Bertz CT molecular complexity index is 766. The summed E-state index contributed by atoms with van der Waals surface area (Å²) < 4.78 is 33.6. The van der Waals surface area contributed by atoms with E-state index < -0.39 is 15.6 Å². The maximum atomic E-state index is 13.0. The first-order valence-electron chi connectivity index (χ1n) is 8.64. The lowest BCUT2D eigenvalue weighted by atomic mass is 10.1. The Morgan fingerprint density at radius 2 is 1.85 bits per heavy atom. The van der Waals surface area contributed by atoms with E-state index in [-0.39, 0.29) is 12.1 Å². The molecule has 8 heteroatoms. The maximum Gasteiger partial charge on any atom is 0.410 e. The minimum Gasteiger partial charge on any atom is -0.444 e. The summed E-state index contributed by atoms with van der Waals surface area (Å²) in [6.45, 7) is 8.25. The van der Waals surface area contributed by atoms with Gasteiger partial charge in [0.1, 0.15) is 5.60 Å². The first kappa shape index (κ1) is 21.2. The Hall–Kier alpha value is -1.12. The number of hydrogen-bond acceptors (Lipinski definition) is 4. The van der Waals surface area contributed by atoms with E-state index in [0.29, 0.717) is 36.4 Å². The first-order chi connectivity index (χ1) is 11.9. The number of piperidine rings is 1. The van der Waals surface area contributed by atoms with E-state index in [1.165, 1.54) is 4.31 Å². The van der Waals surface area contributed by atoms with Gasteiger partial charge < -0.3 is 9.64 Å². The second-order valence-corrected chi connectivity index (χ2v) is 10.5. The number of ether oxygens (including phenoxy) is 1. The Morgan fingerprint density at radius 3 is 2.38 bits per heavy atom. The molecule has 0 aliphatic carbocycles. The molecule has 1 aromatic carbocycles. The molecule has 0 unspecified atom stereocenters. The van der Waals surface area contributed by atoms with Gasteiger partial charge in [-0.2, -0.15) is 4.31 Å². The van der Waals surface area contributed by atoms with Crippen LogP contribution in [0.25, 0.3) is 0 Å². The van der Waals surface area contributed by atoms with Crippen LogP contribution in [0, 0.1) is 6.92 Å². The van der Waals surface area contributed by atoms with Crippen molar-refractivity contribution in [3.8, 4) is 0 Å². The topological polar surface area (TPSA) is 66.9 Å². The van der Waals surface area contributed by atoms with Crippen LogP contribution in [0.4, 0.5) is 4.79 Å². The van der Waals surface area contributed by atoms with Crippen molar-refractivity contribution in [2.75, 3.05) is 20.1 Å². The van der Waals surface area contributed by atoms with Gasteiger partial charge in [-0.25, -0.2) is 13.2 Å². The Kier molecular flexibility index (Phi) is 6.40. The fourth-order valence-electron chi connectivity index (χ4n) is 2.94. The highest BCUT2D eigenvalue weighted by atomic mass is 79.9. The van der Waals surface area contributed by atoms with Crippen LogP contribution >= 0.6 is 15.9 Å². The fourth-order valence-corrected chi connectivity index (χ4v) is 5.12. The highest BCUT2D eigenvalue weighted by Crippen LogP contribution is 2.27. The lowest BCUT2D eigenvalue weighted by molar-refractivity contribution is 0.0183. The quantitative estimate of drug-likeness (QED) is 0.708. The van der Waals surface area contributed by atoms with Crippen molar-refractivity contribution >= 4 is 32.0 Å². The largest absolute Gasteiger partial charge is 0.444 e. The van der Waals surface area contributed by atoms with Crippen molar-refractivity contribution in [2.24, 2.45) is 0 Å². The fraction of sp³-hybridized carbons (Fsp3) is 0.611. The summed E-state index contributed by atoms with van der Waals surface area (Å²) in [6, 6.07) is 5.11. The second-order valence-electron chi connectivity index (χ2n) is 7.63. The average Bonchev–Trinajstić information content (AvgIpc) is 2.54. The van der Waals surface area contributed by atoms with Crippen molar-refractivity contribution in [1.29, 1.82) is 0 Å². The molecule has 146 valence electrons. The van der Waals surface area contributed by atoms with E-state index >= 15 is 0 Å². The minimum absolute atomic E-state index is 0.142. The molecule has 0 N–H and O–H groups in total. The number of nitrogens with zero attached hydrogens (tertiary/aromatic N) is 2. The number of benzene rings is 1. The summed E-state index contributed by atoms with van der Waals surface area (Å²) in [5.74, 6) is 0. The van der Waals surface area contributed by atoms with Gasteiger partial charge in [0.2, 0.25) is 10.0 Å². The van der Waals surface area contributed by atoms with Crippen LogP contribution in [0.3, 0.4) is 0 Å². The molecule has 1 amide bonds. The Morgan fingerprint density at radius 1 is 1.27 bits per heavy atom. The van der Waals surface area contributed by atoms with Gasteiger partial charge in [0.15, 0.2) is 0 Å². The van der Waals surface area contributed by atoms with Gasteiger partial charge in [-0.15, -0.1) is 0 Å². The molecule has 0 aromatic heterocycles. The van der Waals surface area contributed by atoms with E-state index in [1.807, 2.05) is 26.8 Å². The summed E-state index contributed by atoms with van der Waals surface area (Å²) in [5.41, 5.74) is 0.179. The first-order valence-corrected chi connectivity index (χ1v) is 10.9. The predicted octanol–water partition coefficient (Wildman–Crippen LogP) is 3.78. The third kappa shape index (κ3) is 4.98. The normalized spacial score (nSPS) is 16.8. The third-order valence-electron chi connectivity index (χ3n) is 4.44. The minimum atomic E-state index is -3.59. The number of hydrogen-bond donors (Lipinski definition) is 0. The third-order valence-corrected chi connectivity index (χ3v) is 6.98. The van der Waals surface area contributed by atoms with Crippen LogP contribution in [-0.4, -0.2) is 55.5 Å². The number of carbonyl (C=O) groups is 1. The molecule has 2 rings (SSSR count). The smallest absolute Gasteiger partial charge is 0.410 e. The highest BCUT2D eigenvalue weighted by Gasteiger charge is 2.34. The maximum absolute atomic E-state index is 13.0. The second kappa shape index (κ2) is 7.86. The van der Waals surface area contributed by atoms with Crippen LogP contribution in [0.2, 0.25) is 0 Å². The van der Waals surface area contributed by atoms with Crippen molar-refractivity contribution in [2.45, 2.75) is 57.1 Å². The zero-order chi connectivity index (χ0) is 19.7. The van der Waals surface area contributed by atoms with E-state index in [1.54, 1.807) is 31.0 Å². The summed E-state index contributed by atoms with van der Waals surface area (Å²) in [7, 11) is -1.98. The number of sulfonamides is 1. The molecule has 26 heavy (non-hydrogen) atoms. The van der Waals surface area contributed by atoms with Crippen LogP contribution in [0.15, 0.2) is 27.6 Å². The zero-order valence-electron chi connectivity index (χ0n) is 16.0. The molecule has 0 spiro atoms. The number of amides is 1. The summed E-state index contributed by atoms with van der Waals surface area (Å²) in [4.78, 5) is 14.1. The SMILES string of the molecule is Cc1ccc(Br)cc1S(=O)(=O)N(C)C1CCN(C(=O)OC(C)(C)C)CC1. The Balaban J connectivity index is 2.07. The number of likely N-dealkylation sites (tertiary alicyclic amines) is 1. The molecule has 1 heterocycles. The van der Waals surface area contributed by atoms with Crippen molar-refractivity contribution in [3.63, 3.8) is 0 Å². The molecule has 0 bridgehead atoms. The lowest BCUT2D eigenvalue weighted by Crippen LogP contribution is -2.48. The number of carbonyl (C=O) groups excluding carboxylic acids is 1. The van der Waals surface area contributed by atoms with Crippen molar-refractivity contribution < 1.29 is 17.9 Å². The average molecular weight is 447 g/mol. The number of aryl methyl sites for hydroxylation is 1. The molecule has 1 aromatic rings.